The van der Waals surface area contributed by atoms with Crippen molar-refractivity contribution in [2.75, 3.05) is 6.54 Å². The Hall–Kier alpha value is -2.07. The summed E-state index contributed by atoms with van der Waals surface area (Å²) < 4.78 is 5.06. The van der Waals surface area contributed by atoms with Gasteiger partial charge in [-0.3, -0.25) is 0 Å². The Bertz CT molecular complexity index is 549. The highest BCUT2D eigenvalue weighted by Gasteiger charge is 2.15. The minimum Gasteiger partial charge on any atom is -0.476 e. The topological polar surface area (TPSA) is 88.5 Å². The Kier molecular flexibility index (Phi) is 5.53. The third-order valence-corrected chi connectivity index (χ3v) is 2.65. The highest BCUT2D eigenvalue weighted by Crippen LogP contribution is 2.08. The molecule has 0 aliphatic carbocycles. The van der Waals surface area contributed by atoms with Crippen molar-refractivity contribution in [3.63, 3.8) is 0 Å². The first-order valence-electron chi connectivity index (χ1n) is 5.92. The quantitative estimate of drug-likeness (QED) is 0.658. The van der Waals surface area contributed by atoms with E-state index in [4.69, 9.17) is 9.84 Å². The maximum Gasteiger partial charge on any atom is 0.407 e. The van der Waals surface area contributed by atoms with Crippen LogP contribution in [0.1, 0.15) is 42.7 Å². The average Bonchev–Trinajstić information content (AvgIpc) is 2.75. The van der Waals surface area contributed by atoms with Gasteiger partial charge in [-0.05, 0) is 26.7 Å². The molecule has 1 aromatic rings. The molecule has 1 heterocycles. The van der Waals surface area contributed by atoms with Gasteiger partial charge in [-0.25, -0.2) is 14.6 Å². The maximum absolute atomic E-state index is 11.3. The van der Waals surface area contributed by atoms with E-state index in [2.05, 4.69) is 22.1 Å². The van der Waals surface area contributed by atoms with E-state index in [1.165, 1.54) is 0 Å². The number of nitrogens with one attached hydrogen (secondary N) is 1. The normalized spacial score (nSPS) is 10.3. The van der Waals surface area contributed by atoms with Gasteiger partial charge in [0, 0.05) is 18.3 Å². The Labute approximate surface area is 121 Å². The second-order valence-electron chi connectivity index (χ2n) is 4.82. The summed E-state index contributed by atoms with van der Waals surface area (Å²) in [7, 11) is 0. The molecule has 0 aromatic carbocycles. The standard InChI is InChI=1S/C13H16N2O4S/c1-13(2,3)19-12(18)14-7-5-4-6-9-8-20-10(15-9)11(16)17/h8H,5,7H2,1-3H3,(H,14,18)(H,16,17). The zero-order valence-electron chi connectivity index (χ0n) is 11.5. The third kappa shape index (κ3) is 6.20. The van der Waals surface area contributed by atoms with Crippen LogP contribution in [0.25, 0.3) is 0 Å². The zero-order valence-corrected chi connectivity index (χ0v) is 12.3. The molecule has 0 atom stereocenters. The van der Waals surface area contributed by atoms with Crippen molar-refractivity contribution < 1.29 is 19.4 Å². The van der Waals surface area contributed by atoms with Crippen LogP contribution in [0.4, 0.5) is 4.79 Å². The first kappa shape index (κ1) is 16.0. The molecule has 0 saturated carbocycles. The van der Waals surface area contributed by atoms with Crippen molar-refractivity contribution in [3.05, 3.63) is 16.1 Å². The molecule has 2 N–H and O–H groups in total. The molecule has 1 rings (SSSR count). The second-order valence-corrected chi connectivity index (χ2v) is 5.68. The molecule has 0 aliphatic rings. The third-order valence-electron chi connectivity index (χ3n) is 1.82. The summed E-state index contributed by atoms with van der Waals surface area (Å²) in [5.41, 5.74) is -0.103. The molecule has 0 saturated heterocycles. The molecule has 0 aliphatic heterocycles. The van der Waals surface area contributed by atoms with Gasteiger partial charge in [-0.15, -0.1) is 11.3 Å². The molecule has 0 fully saturated rings. The summed E-state index contributed by atoms with van der Waals surface area (Å²) in [6.07, 6.45) is -0.0553. The Morgan fingerprint density at radius 1 is 1.50 bits per heavy atom. The fourth-order valence-corrected chi connectivity index (χ4v) is 1.71. The van der Waals surface area contributed by atoms with Gasteiger partial charge < -0.3 is 15.2 Å². The molecule has 1 aromatic heterocycles. The highest BCUT2D eigenvalue weighted by atomic mass is 32.1. The van der Waals surface area contributed by atoms with E-state index >= 15 is 0 Å². The molecule has 0 radical (unpaired) electrons. The predicted molar refractivity (Wildman–Crippen MR) is 74.8 cm³/mol. The van der Waals surface area contributed by atoms with Gasteiger partial charge in [-0.2, -0.15) is 0 Å². The number of aromatic carboxylic acids is 1. The van der Waals surface area contributed by atoms with Gasteiger partial charge >= 0.3 is 12.1 Å². The van der Waals surface area contributed by atoms with Crippen molar-refractivity contribution in [1.29, 1.82) is 0 Å². The first-order valence-corrected chi connectivity index (χ1v) is 6.80. The number of thiazole rings is 1. The van der Waals surface area contributed by atoms with Crippen LogP contribution in [0.3, 0.4) is 0 Å². The number of carboxylic acids is 1. The van der Waals surface area contributed by atoms with E-state index in [0.717, 1.165) is 11.3 Å². The van der Waals surface area contributed by atoms with E-state index in [9.17, 15) is 9.59 Å². The number of hydrogen-bond acceptors (Lipinski definition) is 5. The molecule has 20 heavy (non-hydrogen) atoms. The lowest BCUT2D eigenvalue weighted by Gasteiger charge is -2.19. The minimum absolute atomic E-state index is 0.0150. The lowest BCUT2D eigenvalue weighted by molar-refractivity contribution is 0.0528. The van der Waals surface area contributed by atoms with E-state index < -0.39 is 17.7 Å². The van der Waals surface area contributed by atoms with Crippen LogP contribution >= 0.6 is 11.3 Å². The van der Waals surface area contributed by atoms with E-state index in [1.807, 2.05) is 0 Å². The van der Waals surface area contributed by atoms with Gasteiger partial charge in [0.15, 0.2) is 0 Å². The number of nitrogens with zero attached hydrogens (tertiary/aromatic N) is 1. The van der Waals surface area contributed by atoms with Crippen molar-refractivity contribution in [2.45, 2.75) is 32.8 Å². The van der Waals surface area contributed by atoms with Crippen LogP contribution in [0.15, 0.2) is 5.38 Å². The van der Waals surface area contributed by atoms with E-state index in [0.29, 0.717) is 18.7 Å². The summed E-state index contributed by atoms with van der Waals surface area (Å²) in [5, 5.41) is 12.9. The second kappa shape index (κ2) is 6.91. The molecule has 108 valence electrons. The van der Waals surface area contributed by atoms with E-state index in [-0.39, 0.29) is 5.01 Å². The first-order chi connectivity index (χ1) is 9.28. The maximum atomic E-state index is 11.3. The lowest BCUT2D eigenvalue weighted by atomic mass is 10.2. The van der Waals surface area contributed by atoms with Crippen LogP contribution in [0, 0.1) is 11.8 Å². The highest BCUT2D eigenvalue weighted by molar-refractivity contribution is 7.11. The van der Waals surface area contributed by atoms with Gasteiger partial charge in [0.2, 0.25) is 5.01 Å². The molecule has 0 spiro atoms. The Morgan fingerprint density at radius 3 is 2.75 bits per heavy atom. The number of aromatic nitrogens is 1. The van der Waals surface area contributed by atoms with Crippen LogP contribution in [0.5, 0.6) is 0 Å². The van der Waals surface area contributed by atoms with E-state index in [1.54, 1.807) is 26.2 Å². The summed E-state index contributed by atoms with van der Waals surface area (Å²) in [6.45, 7) is 5.72. The van der Waals surface area contributed by atoms with Crippen LogP contribution < -0.4 is 5.32 Å². The van der Waals surface area contributed by atoms with Gasteiger partial charge in [0.05, 0.1) is 0 Å². The summed E-state index contributed by atoms with van der Waals surface area (Å²) >= 11 is 1.03. The summed E-state index contributed by atoms with van der Waals surface area (Å²) in [6, 6.07) is 0. The van der Waals surface area contributed by atoms with Crippen molar-refractivity contribution in [2.24, 2.45) is 0 Å². The Morgan fingerprint density at radius 2 is 2.20 bits per heavy atom. The number of alkyl carbamates (subject to hydrolysis) is 1. The van der Waals surface area contributed by atoms with Crippen LogP contribution in [-0.2, 0) is 4.74 Å². The molecular weight excluding hydrogens is 280 g/mol. The minimum atomic E-state index is -1.06. The number of rotatable bonds is 3. The number of amides is 1. The Balaban J connectivity index is 2.33. The molecule has 0 bridgehead atoms. The molecule has 1 amide bonds. The fourth-order valence-electron chi connectivity index (χ4n) is 1.12. The van der Waals surface area contributed by atoms with Crippen molar-refractivity contribution >= 4 is 23.4 Å². The molecule has 6 nitrogen and oxygen atoms in total. The van der Waals surface area contributed by atoms with Gasteiger partial charge in [0.1, 0.15) is 11.3 Å². The number of carbonyl (C=O) groups is 2. The summed E-state index contributed by atoms with van der Waals surface area (Å²) in [4.78, 5) is 25.8. The molecule has 0 unspecified atom stereocenters. The fraction of sp³-hybridized carbons (Fsp3) is 0.462. The van der Waals surface area contributed by atoms with Crippen molar-refractivity contribution in [3.8, 4) is 11.8 Å². The van der Waals surface area contributed by atoms with Gasteiger partial charge in [0.25, 0.3) is 0 Å². The van der Waals surface area contributed by atoms with Crippen LogP contribution in [-0.4, -0.2) is 34.3 Å². The summed E-state index contributed by atoms with van der Waals surface area (Å²) in [5.74, 6) is 4.48. The number of ether oxygens (including phenoxy) is 1. The molecular formula is C13H16N2O4S. The zero-order chi connectivity index (χ0) is 15.2. The average molecular weight is 296 g/mol. The monoisotopic (exact) mass is 296 g/mol. The number of carboxylic acid groups (broad SMARTS) is 1. The predicted octanol–water partition coefficient (Wildman–Crippen LogP) is 2.11. The largest absolute Gasteiger partial charge is 0.476 e. The van der Waals surface area contributed by atoms with Crippen LogP contribution in [0.2, 0.25) is 0 Å². The number of carbonyl (C=O) groups excluding carboxylic acids is 1. The smallest absolute Gasteiger partial charge is 0.407 e. The van der Waals surface area contributed by atoms with Crippen molar-refractivity contribution in [1.82, 2.24) is 10.3 Å². The lowest BCUT2D eigenvalue weighted by Crippen LogP contribution is -2.32. The SMILES string of the molecule is CC(C)(C)OC(=O)NCCC#Cc1csc(C(=O)O)n1. The van der Waals surface area contributed by atoms with Gasteiger partial charge in [-0.1, -0.05) is 5.92 Å². The molecule has 7 heteroatoms. The number of hydrogen-bond donors (Lipinski definition) is 2.